The van der Waals surface area contributed by atoms with Gasteiger partial charge in [-0.05, 0) is 115 Å². The number of anilines is 3. The van der Waals surface area contributed by atoms with Gasteiger partial charge in [0.1, 0.15) is 0 Å². The van der Waals surface area contributed by atoms with Crippen LogP contribution in [0, 0.1) is 6.92 Å². The molecule has 0 saturated carbocycles. The van der Waals surface area contributed by atoms with Gasteiger partial charge in [0.05, 0.1) is 5.69 Å². The van der Waals surface area contributed by atoms with Gasteiger partial charge in [0.25, 0.3) is 0 Å². The van der Waals surface area contributed by atoms with Crippen molar-refractivity contribution < 1.29 is 0 Å². The Labute approximate surface area is 336 Å². The van der Waals surface area contributed by atoms with Crippen molar-refractivity contribution in [3.8, 4) is 55.6 Å². The minimum Gasteiger partial charge on any atom is -0.310 e. The average Bonchev–Trinajstić information content (AvgIpc) is 3.50. The van der Waals surface area contributed by atoms with E-state index < -0.39 is 0 Å². The summed E-state index contributed by atoms with van der Waals surface area (Å²) in [6.45, 7) is 6.96. The van der Waals surface area contributed by atoms with E-state index in [0.29, 0.717) is 0 Å². The Morgan fingerprint density at radius 3 is 1.63 bits per heavy atom. The van der Waals surface area contributed by atoms with Gasteiger partial charge in [-0.1, -0.05) is 190 Å². The molecule has 0 atom stereocenters. The molecule has 10 rings (SSSR count). The summed E-state index contributed by atoms with van der Waals surface area (Å²) in [6, 6.07) is 75.7. The van der Waals surface area contributed by atoms with Crippen molar-refractivity contribution in [1.82, 2.24) is 0 Å². The smallest absolute Gasteiger partial charge is 0.0546 e. The molecule has 1 heteroatoms. The summed E-state index contributed by atoms with van der Waals surface area (Å²) in [7, 11) is 0. The predicted octanol–water partition coefficient (Wildman–Crippen LogP) is 15.6. The van der Waals surface area contributed by atoms with E-state index in [0.717, 1.165) is 17.1 Å². The van der Waals surface area contributed by atoms with E-state index in [4.69, 9.17) is 0 Å². The maximum absolute atomic E-state index is 2.48. The number of aryl methyl sites for hydroxylation is 1. The summed E-state index contributed by atoms with van der Waals surface area (Å²) >= 11 is 0. The minimum absolute atomic E-state index is 0.130. The van der Waals surface area contributed by atoms with E-state index in [9.17, 15) is 0 Å². The number of benzene rings is 9. The van der Waals surface area contributed by atoms with Crippen LogP contribution in [0.25, 0.3) is 66.4 Å². The first-order valence-electron chi connectivity index (χ1n) is 19.9. The van der Waals surface area contributed by atoms with Crippen LogP contribution in [0.4, 0.5) is 17.1 Å². The molecule has 0 N–H and O–H groups in total. The zero-order valence-corrected chi connectivity index (χ0v) is 32.6. The summed E-state index contributed by atoms with van der Waals surface area (Å²) < 4.78 is 0. The van der Waals surface area contributed by atoms with Crippen molar-refractivity contribution in [1.29, 1.82) is 0 Å². The third kappa shape index (κ3) is 5.86. The van der Waals surface area contributed by atoms with E-state index >= 15 is 0 Å². The molecule has 1 aliphatic carbocycles. The molecule has 1 aliphatic rings. The molecule has 0 bridgehead atoms. The minimum atomic E-state index is -0.130. The van der Waals surface area contributed by atoms with E-state index in [2.05, 4.69) is 232 Å². The van der Waals surface area contributed by atoms with Crippen LogP contribution in [0.15, 0.2) is 206 Å². The molecule has 9 aromatic carbocycles. The largest absolute Gasteiger partial charge is 0.310 e. The lowest BCUT2D eigenvalue weighted by atomic mass is 9.82. The van der Waals surface area contributed by atoms with Gasteiger partial charge >= 0.3 is 0 Å². The van der Waals surface area contributed by atoms with Gasteiger partial charge in [-0.25, -0.2) is 0 Å². The summed E-state index contributed by atoms with van der Waals surface area (Å²) in [5.74, 6) is 0. The Kier molecular flexibility index (Phi) is 8.46. The standard InChI is InChI=1S/C56H43N/c1-38-17-10-12-23-45(38)55-48-24-13-11-22-41(48)31-36-53(55)57(44-34-35-50-49-25-14-15-28-51(49)56(2,3)52(50)37-44)43-32-29-42(30-33-43)54-46(39-18-6-4-7-19-39)26-16-27-47(54)40-20-8-5-9-21-40/h4-37H,1-3H3. The summed E-state index contributed by atoms with van der Waals surface area (Å²) in [5, 5.41) is 2.47. The van der Waals surface area contributed by atoms with Crippen molar-refractivity contribution in [2.45, 2.75) is 26.2 Å². The Morgan fingerprint density at radius 1 is 0.368 bits per heavy atom. The SMILES string of the molecule is Cc1ccccc1-c1c(N(c2ccc(-c3c(-c4ccccc4)cccc3-c3ccccc3)cc2)c2ccc3c(c2)C(C)(C)c2ccccc2-3)ccc2ccccc12. The highest BCUT2D eigenvalue weighted by molar-refractivity contribution is 6.06. The Bertz CT molecular complexity index is 2860. The van der Waals surface area contributed by atoms with Crippen LogP contribution >= 0.6 is 0 Å². The number of fused-ring (bicyclic) bond motifs is 4. The Balaban J connectivity index is 1.21. The quantitative estimate of drug-likeness (QED) is 0.158. The molecule has 0 aliphatic heterocycles. The van der Waals surface area contributed by atoms with E-state index in [1.54, 1.807) is 0 Å². The summed E-state index contributed by atoms with van der Waals surface area (Å²) in [5.41, 5.74) is 19.6. The highest BCUT2D eigenvalue weighted by Crippen LogP contribution is 2.52. The molecule has 0 aromatic heterocycles. The number of rotatable bonds is 7. The number of hydrogen-bond donors (Lipinski definition) is 0. The van der Waals surface area contributed by atoms with E-state index in [1.165, 1.54) is 83.1 Å². The van der Waals surface area contributed by atoms with Crippen molar-refractivity contribution in [2.75, 3.05) is 4.90 Å². The van der Waals surface area contributed by atoms with Gasteiger partial charge in [-0.3, -0.25) is 0 Å². The van der Waals surface area contributed by atoms with Gasteiger partial charge in [0.2, 0.25) is 0 Å². The number of hydrogen-bond acceptors (Lipinski definition) is 1. The summed E-state index contributed by atoms with van der Waals surface area (Å²) in [6.07, 6.45) is 0. The molecule has 1 nitrogen and oxygen atoms in total. The van der Waals surface area contributed by atoms with Crippen molar-refractivity contribution in [3.05, 3.63) is 223 Å². The van der Waals surface area contributed by atoms with Gasteiger partial charge in [0, 0.05) is 22.4 Å². The van der Waals surface area contributed by atoms with Crippen LogP contribution in [0.2, 0.25) is 0 Å². The fourth-order valence-corrected chi connectivity index (χ4v) is 9.20. The molecule has 57 heavy (non-hydrogen) atoms. The monoisotopic (exact) mass is 729 g/mol. The lowest BCUT2D eigenvalue weighted by molar-refractivity contribution is 0.660. The van der Waals surface area contributed by atoms with Crippen LogP contribution in [0.5, 0.6) is 0 Å². The van der Waals surface area contributed by atoms with Gasteiger partial charge in [-0.15, -0.1) is 0 Å². The molecule has 0 heterocycles. The molecule has 0 unspecified atom stereocenters. The second-order valence-electron chi connectivity index (χ2n) is 15.7. The number of nitrogens with zero attached hydrogens (tertiary/aromatic N) is 1. The first-order valence-corrected chi connectivity index (χ1v) is 19.9. The van der Waals surface area contributed by atoms with E-state index in [-0.39, 0.29) is 5.41 Å². The molecule has 0 saturated heterocycles. The van der Waals surface area contributed by atoms with Crippen LogP contribution in [-0.4, -0.2) is 0 Å². The molecular formula is C56H43N. The molecular weight excluding hydrogens is 687 g/mol. The van der Waals surface area contributed by atoms with E-state index in [1.807, 2.05) is 0 Å². The van der Waals surface area contributed by atoms with Crippen molar-refractivity contribution >= 4 is 27.8 Å². The molecule has 0 spiro atoms. The lowest BCUT2D eigenvalue weighted by Gasteiger charge is -2.31. The van der Waals surface area contributed by atoms with Crippen molar-refractivity contribution in [3.63, 3.8) is 0 Å². The maximum Gasteiger partial charge on any atom is 0.0546 e. The fraction of sp³-hybridized carbons (Fsp3) is 0.0714. The predicted molar refractivity (Wildman–Crippen MR) is 243 cm³/mol. The average molecular weight is 730 g/mol. The zero-order valence-electron chi connectivity index (χ0n) is 32.6. The van der Waals surface area contributed by atoms with Gasteiger partial charge < -0.3 is 4.90 Å². The second kappa shape index (κ2) is 14.0. The third-order valence-corrected chi connectivity index (χ3v) is 12.0. The molecule has 0 amide bonds. The zero-order chi connectivity index (χ0) is 38.5. The normalized spacial score (nSPS) is 12.6. The highest BCUT2D eigenvalue weighted by Gasteiger charge is 2.36. The highest BCUT2D eigenvalue weighted by atomic mass is 15.1. The van der Waals surface area contributed by atoms with Crippen LogP contribution in [0.1, 0.15) is 30.5 Å². The van der Waals surface area contributed by atoms with Gasteiger partial charge in [0.15, 0.2) is 0 Å². The Hall–Kier alpha value is -6.96. The van der Waals surface area contributed by atoms with Crippen LogP contribution in [0.3, 0.4) is 0 Å². The topological polar surface area (TPSA) is 3.24 Å². The third-order valence-electron chi connectivity index (χ3n) is 12.0. The molecule has 9 aromatic rings. The fourth-order valence-electron chi connectivity index (χ4n) is 9.20. The Morgan fingerprint density at radius 2 is 0.930 bits per heavy atom. The van der Waals surface area contributed by atoms with Crippen molar-refractivity contribution in [2.24, 2.45) is 0 Å². The molecule has 0 radical (unpaired) electrons. The first-order chi connectivity index (χ1) is 28.0. The van der Waals surface area contributed by atoms with Crippen LogP contribution in [-0.2, 0) is 5.41 Å². The molecule has 272 valence electrons. The molecule has 0 fully saturated rings. The van der Waals surface area contributed by atoms with Gasteiger partial charge in [-0.2, -0.15) is 0 Å². The summed E-state index contributed by atoms with van der Waals surface area (Å²) in [4.78, 5) is 2.48. The van der Waals surface area contributed by atoms with Crippen LogP contribution < -0.4 is 4.90 Å². The first kappa shape index (κ1) is 34.5. The maximum atomic E-state index is 2.48. The lowest BCUT2D eigenvalue weighted by Crippen LogP contribution is -2.17. The second-order valence-corrected chi connectivity index (χ2v) is 15.7.